The van der Waals surface area contributed by atoms with Crippen molar-refractivity contribution in [2.24, 2.45) is 5.73 Å². The van der Waals surface area contributed by atoms with Crippen molar-refractivity contribution >= 4 is 17.6 Å². The molecule has 1 aromatic rings. The SMILES string of the molecule is CC(C)(NC(=O)Nc1ccc(OC(F)(F)F)cc1)C(N)=O. The molecule has 0 spiro atoms. The molecule has 1 rings (SSSR count). The van der Waals surface area contributed by atoms with Crippen LogP contribution in [0.5, 0.6) is 5.75 Å². The highest BCUT2D eigenvalue weighted by atomic mass is 19.4. The topological polar surface area (TPSA) is 93.4 Å². The molecule has 116 valence electrons. The summed E-state index contributed by atoms with van der Waals surface area (Å²) in [5.74, 6) is -1.14. The van der Waals surface area contributed by atoms with E-state index in [0.717, 1.165) is 12.1 Å². The third kappa shape index (κ3) is 5.59. The molecular weight excluding hydrogens is 291 g/mol. The number of ether oxygens (including phenoxy) is 1. The molecule has 1 aromatic carbocycles. The van der Waals surface area contributed by atoms with Gasteiger partial charge >= 0.3 is 12.4 Å². The summed E-state index contributed by atoms with van der Waals surface area (Å²) in [4.78, 5) is 22.6. The van der Waals surface area contributed by atoms with Crippen LogP contribution in [0.25, 0.3) is 0 Å². The molecule has 0 aliphatic carbocycles. The summed E-state index contributed by atoms with van der Waals surface area (Å²) in [7, 11) is 0. The Labute approximate surface area is 118 Å². The second kappa shape index (κ2) is 5.90. The predicted octanol–water partition coefficient (Wildman–Crippen LogP) is 1.97. The lowest BCUT2D eigenvalue weighted by molar-refractivity contribution is -0.274. The minimum Gasteiger partial charge on any atom is -0.406 e. The number of primary amides is 1. The van der Waals surface area contributed by atoms with Gasteiger partial charge in [-0.15, -0.1) is 13.2 Å². The fourth-order valence-electron chi connectivity index (χ4n) is 1.25. The Morgan fingerprint density at radius 3 is 2.10 bits per heavy atom. The maximum Gasteiger partial charge on any atom is 0.573 e. The van der Waals surface area contributed by atoms with Crippen molar-refractivity contribution in [3.63, 3.8) is 0 Å². The lowest BCUT2D eigenvalue weighted by Gasteiger charge is -2.22. The molecule has 0 atom stereocenters. The van der Waals surface area contributed by atoms with Crippen LogP contribution in [0.1, 0.15) is 13.8 Å². The van der Waals surface area contributed by atoms with E-state index in [4.69, 9.17) is 5.73 Å². The first-order valence-electron chi connectivity index (χ1n) is 5.74. The lowest BCUT2D eigenvalue weighted by Crippen LogP contribution is -2.54. The van der Waals surface area contributed by atoms with E-state index in [9.17, 15) is 22.8 Å². The summed E-state index contributed by atoms with van der Waals surface area (Å²) in [6.07, 6.45) is -4.78. The Morgan fingerprint density at radius 2 is 1.67 bits per heavy atom. The monoisotopic (exact) mass is 305 g/mol. The first-order valence-corrected chi connectivity index (χ1v) is 5.74. The molecule has 0 aliphatic rings. The van der Waals surface area contributed by atoms with E-state index >= 15 is 0 Å². The third-order valence-electron chi connectivity index (χ3n) is 2.39. The summed E-state index contributed by atoms with van der Waals surface area (Å²) in [6.45, 7) is 2.82. The molecule has 4 N–H and O–H groups in total. The fraction of sp³-hybridized carbons (Fsp3) is 0.333. The van der Waals surface area contributed by atoms with E-state index < -0.39 is 29.6 Å². The van der Waals surface area contributed by atoms with Gasteiger partial charge in [0.25, 0.3) is 0 Å². The number of halogens is 3. The molecule has 6 nitrogen and oxygen atoms in total. The molecule has 0 bridgehead atoms. The minimum absolute atomic E-state index is 0.224. The number of rotatable bonds is 4. The normalized spacial score (nSPS) is 11.7. The Kier molecular flexibility index (Phi) is 4.66. The van der Waals surface area contributed by atoms with Crippen molar-refractivity contribution in [3.05, 3.63) is 24.3 Å². The number of urea groups is 1. The molecule has 0 aromatic heterocycles. The molecule has 0 unspecified atom stereocenters. The minimum atomic E-state index is -4.78. The van der Waals surface area contributed by atoms with Crippen molar-refractivity contribution < 1.29 is 27.5 Å². The second-order valence-corrected chi connectivity index (χ2v) is 4.64. The van der Waals surface area contributed by atoms with Crippen molar-refractivity contribution in [2.45, 2.75) is 25.7 Å². The number of nitrogens with one attached hydrogen (secondary N) is 2. The van der Waals surface area contributed by atoms with Crippen LogP contribution in [0.2, 0.25) is 0 Å². The van der Waals surface area contributed by atoms with Gasteiger partial charge in [0.1, 0.15) is 11.3 Å². The van der Waals surface area contributed by atoms with E-state index in [-0.39, 0.29) is 5.69 Å². The van der Waals surface area contributed by atoms with Gasteiger partial charge in [0.05, 0.1) is 0 Å². The summed E-state index contributed by atoms with van der Waals surface area (Å²) in [6, 6.07) is 3.81. The number of hydrogen-bond donors (Lipinski definition) is 3. The summed E-state index contributed by atoms with van der Waals surface area (Å²) in [5, 5.41) is 4.67. The van der Waals surface area contributed by atoms with Crippen LogP contribution < -0.4 is 21.1 Å². The molecule has 0 aliphatic heterocycles. The number of carbonyl (C=O) groups is 2. The molecule has 9 heteroatoms. The van der Waals surface area contributed by atoms with Crippen molar-refractivity contribution in [2.75, 3.05) is 5.32 Å². The van der Waals surface area contributed by atoms with E-state index in [1.165, 1.54) is 26.0 Å². The van der Waals surface area contributed by atoms with Crippen molar-refractivity contribution in [1.29, 1.82) is 0 Å². The quantitative estimate of drug-likeness (QED) is 0.794. The van der Waals surface area contributed by atoms with Crippen LogP contribution in [-0.2, 0) is 4.79 Å². The molecular formula is C12H14F3N3O3. The van der Waals surface area contributed by atoms with E-state index in [2.05, 4.69) is 15.4 Å². The molecule has 0 heterocycles. The molecule has 0 fully saturated rings. The zero-order valence-electron chi connectivity index (χ0n) is 11.2. The van der Waals surface area contributed by atoms with Crippen molar-refractivity contribution in [1.82, 2.24) is 5.32 Å². The van der Waals surface area contributed by atoms with Crippen LogP contribution in [0.15, 0.2) is 24.3 Å². The molecule has 3 amide bonds. The van der Waals surface area contributed by atoms with Gasteiger partial charge in [-0.3, -0.25) is 4.79 Å². The van der Waals surface area contributed by atoms with Gasteiger partial charge in [-0.1, -0.05) is 0 Å². The zero-order chi connectivity index (χ0) is 16.3. The van der Waals surface area contributed by atoms with Crippen LogP contribution in [0.4, 0.5) is 23.7 Å². The van der Waals surface area contributed by atoms with Gasteiger partial charge < -0.3 is 21.1 Å². The number of hydrogen-bond acceptors (Lipinski definition) is 3. The summed E-state index contributed by atoms with van der Waals surface area (Å²) in [5.41, 5.74) is 4.05. The van der Waals surface area contributed by atoms with E-state index in [0.29, 0.717) is 0 Å². The largest absolute Gasteiger partial charge is 0.573 e. The highest BCUT2D eigenvalue weighted by Crippen LogP contribution is 2.23. The second-order valence-electron chi connectivity index (χ2n) is 4.64. The Morgan fingerprint density at radius 1 is 1.14 bits per heavy atom. The predicted molar refractivity (Wildman–Crippen MR) is 68.6 cm³/mol. The number of alkyl halides is 3. The maximum absolute atomic E-state index is 12.0. The number of anilines is 1. The molecule has 0 saturated heterocycles. The van der Waals surface area contributed by atoms with Crippen molar-refractivity contribution in [3.8, 4) is 5.75 Å². The number of carbonyl (C=O) groups excluding carboxylic acids is 2. The molecule has 21 heavy (non-hydrogen) atoms. The van der Waals surface area contributed by atoms with E-state index in [1.54, 1.807) is 0 Å². The van der Waals surface area contributed by atoms with Crippen LogP contribution >= 0.6 is 0 Å². The number of amides is 3. The third-order valence-corrected chi connectivity index (χ3v) is 2.39. The van der Waals surface area contributed by atoms with Gasteiger partial charge in [0.2, 0.25) is 5.91 Å². The summed E-state index contributed by atoms with van der Waals surface area (Å²) >= 11 is 0. The molecule has 0 saturated carbocycles. The zero-order valence-corrected chi connectivity index (χ0v) is 11.2. The maximum atomic E-state index is 12.0. The van der Waals surface area contributed by atoms with Gasteiger partial charge in [-0.25, -0.2) is 4.79 Å². The Bertz CT molecular complexity index is 527. The lowest BCUT2D eigenvalue weighted by atomic mass is 10.1. The molecule has 0 radical (unpaired) electrons. The number of benzene rings is 1. The summed E-state index contributed by atoms with van der Waals surface area (Å²) < 4.78 is 39.6. The van der Waals surface area contributed by atoms with Gasteiger partial charge in [-0.2, -0.15) is 0 Å². The Hall–Kier alpha value is -2.45. The standard InChI is InChI=1S/C12H14F3N3O3/c1-11(2,9(16)19)18-10(20)17-7-3-5-8(6-4-7)21-12(13,14)15/h3-6H,1-2H3,(H2,16,19)(H2,17,18,20). The van der Waals surface area contributed by atoms with Crippen LogP contribution in [0.3, 0.4) is 0 Å². The highest BCUT2D eigenvalue weighted by Gasteiger charge is 2.31. The first kappa shape index (κ1) is 16.6. The van der Waals surface area contributed by atoms with Gasteiger partial charge in [0, 0.05) is 5.69 Å². The van der Waals surface area contributed by atoms with Crippen LogP contribution in [0, 0.1) is 0 Å². The number of nitrogens with two attached hydrogens (primary N) is 1. The average Bonchev–Trinajstić information content (AvgIpc) is 2.28. The van der Waals surface area contributed by atoms with Crippen LogP contribution in [-0.4, -0.2) is 23.8 Å². The first-order chi connectivity index (χ1) is 9.49. The van der Waals surface area contributed by atoms with E-state index in [1.807, 2.05) is 0 Å². The van der Waals surface area contributed by atoms with Gasteiger partial charge in [-0.05, 0) is 38.1 Å². The Balaban J connectivity index is 2.64. The fourth-order valence-corrected chi connectivity index (χ4v) is 1.25. The highest BCUT2D eigenvalue weighted by molar-refractivity contribution is 5.95. The smallest absolute Gasteiger partial charge is 0.406 e. The van der Waals surface area contributed by atoms with Gasteiger partial charge in [0.15, 0.2) is 0 Å². The average molecular weight is 305 g/mol.